The number of carbonyl (C=O) groups is 2. The molecular weight excluding hydrogens is 593 g/mol. The lowest BCUT2D eigenvalue weighted by Gasteiger charge is -2.36. The number of ether oxygens (including phenoxy) is 1. The van der Waals surface area contributed by atoms with E-state index in [1.165, 1.54) is 6.33 Å². The maximum absolute atomic E-state index is 13.0. The number of H-pyrrole nitrogens is 1. The molecule has 2 N–H and O–H groups in total. The van der Waals surface area contributed by atoms with Crippen molar-refractivity contribution in [1.82, 2.24) is 34.5 Å². The third-order valence-corrected chi connectivity index (χ3v) is 7.00. The number of hydrogen-bond donors (Lipinski definition) is 2. The zero-order valence-electron chi connectivity index (χ0n) is 22.8. The molecule has 3 aromatic heterocycles. The molecule has 0 saturated carbocycles. The second-order valence-electron chi connectivity index (χ2n) is 9.43. The minimum absolute atomic E-state index is 0.0505. The normalized spacial score (nSPS) is 14.5. The Balaban J connectivity index is 0.000000541. The number of piperazine rings is 1. The van der Waals surface area contributed by atoms with Crippen molar-refractivity contribution >= 4 is 34.5 Å². The van der Waals surface area contributed by atoms with E-state index in [1.54, 1.807) is 31.5 Å². The van der Waals surface area contributed by atoms with Crippen LogP contribution in [0.3, 0.4) is 0 Å². The highest BCUT2D eigenvalue weighted by molar-refractivity contribution is 6.32. The number of halogens is 4. The Hall–Kier alpha value is -4.68. The summed E-state index contributed by atoms with van der Waals surface area (Å²) in [6, 6.07) is 9.20. The maximum Gasteiger partial charge on any atom is 0.490 e. The molecule has 226 valence electrons. The summed E-state index contributed by atoms with van der Waals surface area (Å²) in [6.45, 7) is 3.27. The van der Waals surface area contributed by atoms with Gasteiger partial charge in [0.05, 0.1) is 42.6 Å². The number of hydrogen-bond acceptors (Lipinski definition) is 8. The number of carboxylic acid groups (broad SMARTS) is 1. The van der Waals surface area contributed by atoms with Crippen LogP contribution in [0.4, 0.5) is 13.2 Å². The maximum atomic E-state index is 13.0. The van der Waals surface area contributed by atoms with E-state index < -0.39 is 12.1 Å². The second kappa shape index (κ2) is 13.5. The second-order valence-corrected chi connectivity index (χ2v) is 9.84. The molecule has 1 amide bonds. The summed E-state index contributed by atoms with van der Waals surface area (Å²) in [5.41, 5.74) is 2.99. The monoisotopic (exact) mass is 618 g/mol. The number of nitrogens with zero attached hydrogens (tertiary/aromatic N) is 7. The lowest BCUT2D eigenvalue weighted by Crippen LogP contribution is -2.49. The SMILES string of the molecule is COc1ccc(C(=O)N2CCN(CC(CC#N)n3cc(-c4ncnc5[nH]ccc45)cn3)CC2)cc1Cl.O=C(O)C(F)(F)F. The molecular formula is C27H26ClF3N8O4. The van der Waals surface area contributed by atoms with Gasteiger partial charge in [-0.25, -0.2) is 14.8 Å². The molecule has 0 radical (unpaired) electrons. The minimum atomic E-state index is -5.08. The molecule has 0 bridgehead atoms. The number of nitriles is 1. The number of fused-ring (bicyclic) bond motifs is 1. The van der Waals surface area contributed by atoms with Gasteiger partial charge in [-0.1, -0.05) is 11.6 Å². The van der Waals surface area contributed by atoms with Crippen molar-refractivity contribution in [2.75, 3.05) is 39.8 Å². The smallest absolute Gasteiger partial charge is 0.490 e. The number of rotatable bonds is 7. The topological polar surface area (TPSA) is 153 Å². The van der Waals surface area contributed by atoms with Crippen molar-refractivity contribution in [2.24, 2.45) is 0 Å². The molecule has 1 atom stereocenters. The highest BCUT2D eigenvalue weighted by Crippen LogP contribution is 2.27. The number of alkyl halides is 3. The van der Waals surface area contributed by atoms with E-state index in [4.69, 9.17) is 26.2 Å². The zero-order valence-corrected chi connectivity index (χ0v) is 23.5. The van der Waals surface area contributed by atoms with E-state index in [1.807, 2.05) is 28.0 Å². The average Bonchev–Trinajstić information content (AvgIpc) is 3.67. The van der Waals surface area contributed by atoms with Crippen molar-refractivity contribution in [1.29, 1.82) is 5.26 Å². The third-order valence-electron chi connectivity index (χ3n) is 6.70. The van der Waals surface area contributed by atoms with Crippen LogP contribution >= 0.6 is 11.6 Å². The van der Waals surface area contributed by atoms with E-state index in [0.717, 1.165) is 22.3 Å². The number of methoxy groups -OCH3 is 1. The summed E-state index contributed by atoms with van der Waals surface area (Å²) in [5, 5.41) is 22.5. The molecule has 1 fully saturated rings. The Morgan fingerprint density at radius 2 is 1.93 bits per heavy atom. The predicted molar refractivity (Wildman–Crippen MR) is 148 cm³/mol. The summed E-state index contributed by atoms with van der Waals surface area (Å²) in [7, 11) is 1.54. The number of carboxylic acids is 1. The van der Waals surface area contributed by atoms with Gasteiger partial charge in [0.1, 0.15) is 17.7 Å². The Bertz CT molecular complexity index is 1630. The van der Waals surface area contributed by atoms with Gasteiger partial charge in [-0.3, -0.25) is 14.4 Å². The molecule has 1 saturated heterocycles. The number of carbonyl (C=O) groups excluding carboxylic acids is 1. The first-order chi connectivity index (χ1) is 20.5. The van der Waals surface area contributed by atoms with Gasteiger partial charge in [-0.15, -0.1) is 0 Å². The van der Waals surface area contributed by atoms with Crippen LogP contribution in [0.25, 0.3) is 22.3 Å². The van der Waals surface area contributed by atoms with Gasteiger partial charge >= 0.3 is 12.1 Å². The highest BCUT2D eigenvalue weighted by atomic mass is 35.5. The quantitative estimate of drug-likeness (QED) is 0.312. The molecule has 1 aromatic carbocycles. The van der Waals surface area contributed by atoms with Gasteiger partial charge in [0.15, 0.2) is 0 Å². The van der Waals surface area contributed by atoms with Crippen LogP contribution in [-0.4, -0.2) is 97.5 Å². The first-order valence-electron chi connectivity index (χ1n) is 12.9. The van der Waals surface area contributed by atoms with Crippen LogP contribution in [-0.2, 0) is 4.79 Å². The number of nitrogens with one attached hydrogen (secondary N) is 1. The Labute approximate surface area is 248 Å². The Morgan fingerprint density at radius 1 is 1.21 bits per heavy atom. The number of aromatic amines is 1. The molecule has 1 unspecified atom stereocenters. The molecule has 0 spiro atoms. The number of benzene rings is 1. The lowest BCUT2D eigenvalue weighted by atomic mass is 10.1. The Kier molecular flexibility index (Phi) is 9.84. The molecule has 4 heterocycles. The molecule has 5 rings (SSSR count). The third kappa shape index (κ3) is 7.59. The molecule has 0 aliphatic carbocycles. The van der Waals surface area contributed by atoms with Crippen molar-refractivity contribution in [2.45, 2.75) is 18.6 Å². The molecule has 1 aliphatic rings. The standard InChI is InChI=1S/C25H25ClN8O2.C2HF3O2/c1-36-22-3-2-17(12-21(22)26)25(35)33-10-8-32(9-11-33)15-19(4-6-27)34-14-18(13-31-34)23-20-5-7-28-24(20)30-16-29-23;3-2(4,5)1(6)7/h2-3,5,7,12-14,16,19H,4,8-11,15H2,1H3,(H,28,29,30);(H,6,7). The van der Waals surface area contributed by atoms with Crippen LogP contribution < -0.4 is 4.74 Å². The van der Waals surface area contributed by atoms with Crippen LogP contribution in [0.5, 0.6) is 5.75 Å². The number of aliphatic carboxylic acids is 1. The van der Waals surface area contributed by atoms with E-state index in [9.17, 15) is 23.2 Å². The van der Waals surface area contributed by atoms with Crippen molar-refractivity contribution < 1.29 is 32.6 Å². The molecule has 43 heavy (non-hydrogen) atoms. The van der Waals surface area contributed by atoms with Crippen LogP contribution in [0.1, 0.15) is 22.8 Å². The summed E-state index contributed by atoms with van der Waals surface area (Å²) in [6.07, 6.45) is 2.31. The zero-order chi connectivity index (χ0) is 31.1. The van der Waals surface area contributed by atoms with E-state index in [-0.39, 0.29) is 11.9 Å². The van der Waals surface area contributed by atoms with E-state index >= 15 is 0 Å². The summed E-state index contributed by atoms with van der Waals surface area (Å²) in [4.78, 5) is 37.7. The molecule has 12 nitrogen and oxygen atoms in total. The fourth-order valence-electron chi connectivity index (χ4n) is 4.52. The van der Waals surface area contributed by atoms with Crippen molar-refractivity contribution in [3.63, 3.8) is 0 Å². The molecule has 16 heteroatoms. The fraction of sp³-hybridized carbons (Fsp3) is 0.333. The first kappa shape index (κ1) is 31.3. The highest BCUT2D eigenvalue weighted by Gasteiger charge is 2.38. The number of aromatic nitrogens is 5. The van der Waals surface area contributed by atoms with Gasteiger partial charge in [-0.05, 0) is 24.3 Å². The first-order valence-corrected chi connectivity index (χ1v) is 13.2. The summed E-state index contributed by atoms with van der Waals surface area (Å²) >= 11 is 6.20. The van der Waals surface area contributed by atoms with E-state index in [2.05, 4.69) is 31.0 Å². The van der Waals surface area contributed by atoms with Gasteiger partial charge in [-0.2, -0.15) is 23.5 Å². The average molecular weight is 619 g/mol. The minimum Gasteiger partial charge on any atom is -0.495 e. The van der Waals surface area contributed by atoms with Gasteiger partial charge in [0.2, 0.25) is 0 Å². The van der Waals surface area contributed by atoms with Crippen molar-refractivity contribution in [3.8, 4) is 23.1 Å². The fourth-order valence-corrected chi connectivity index (χ4v) is 4.78. The Morgan fingerprint density at radius 3 is 2.56 bits per heavy atom. The van der Waals surface area contributed by atoms with E-state index in [0.29, 0.717) is 55.5 Å². The lowest BCUT2D eigenvalue weighted by molar-refractivity contribution is -0.192. The van der Waals surface area contributed by atoms with Gasteiger partial charge in [0.25, 0.3) is 5.91 Å². The van der Waals surface area contributed by atoms with Crippen molar-refractivity contribution in [3.05, 3.63) is 59.8 Å². The predicted octanol–water partition coefficient (Wildman–Crippen LogP) is 4.03. The number of amides is 1. The van der Waals surface area contributed by atoms with Gasteiger partial charge < -0.3 is 19.7 Å². The van der Waals surface area contributed by atoms with Gasteiger partial charge in [0, 0.05) is 61.6 Å². The summed E-state index contributed by atoms with van der Waals surface area (Å²) < 4.78 is 38.8. The van der Waals surface area contributed by atoms with Crippen LogP contribution in [0, 0.1) is 11.3 Å². The van der Waals surface area contributed by atoms with Crippen LogP contribution in [0.15, 0.2) is 49.2 Å². The molecule has 1 aliphatic heterocycles. The van der Waals surface area contributed by atoms with Crippen LogP contribution in [0.2, 0.25) is 5.02 Å². The largest absolute Gasteiger partial charge is 0.495 e. The molecule has 4 aromatic rings. The summed E-state index contributed by atoms with van der Waals surface area (Å²) in [5.74, 6) is -2.27.